The molecule has 0 heterocycles. The normalized spacial score (nSPS) is 12.4. The van der Waals surface area contributed by atoms with Crippen molar-refractivity contribution < 1.29 is 19.4 Å². The molecule has 0 saturated heterocycles. The van der Waals surface area contributed by atoms with Gasteiger partial charge in [-0.1, -0.05) is 0 Å². The zero-order valence-corrected chi connectivity index (χ0v) is 10.8. The molecule has 5 heteroatoms. The van der Waals surface area contributed by atoms with Crippen molar-refractivity contribution in [3.8, 4) is 0 Å². The van der Waals surface area contributed by atoms with Crippen LogP contribution in [0.5, 0.6) is 0 Å². The Morgan fingerprint density at radius 3 is 2.61 bits per heavy atom. The fourth-order valence-electron chi connectivity index (χ4n) is 1.39. The maximum atomic E-state index is 12.7. The first-order valence-corrected chi connectivity index (χ1v) is 6.94. The minimum atomic E-state index is -0.692. The number of carbonyl (C=O) groups excluding carboxylic acids is 1. The highest BCUT2D eigenvalue weighted by molar-refractivity contribution is 7.99. The van der Waals surface area contributed by atoms with Crippen LogP contribution in [0.1, 0.15) is 23.2 Å². The predicted molar refractivity (Wildman–Crippen MR) is 70.4 cm³/mol. The zero-order chi connectivity index (χ0) is 13.4. The Morgan fingerprint density at radius 1 is 1.33 bits per heavy atom. The van der Waals surface area contributed by atoms with Gasteiger partial charge in [-0.15, -0.1) is 0 Å². The number of halogens is 1. The van der Waals surface area contributed by atoms with Gasteiger partial charge in [0, 0.05) is 17.7 Å². The van der Waals surface area contributed by atoms with Crippen LogP contribution in [-0.2, 0) is 0 Å². The van der Waals surface area contributed by atoms with E-state index >= 15 is 0 Å². The van der Waals surface area contributed by atoms with Crippen LogP contribution in [0.25, 0.3) is 0 Å². The summed E-state index contributed by atoms with van der Waals surface area (Å²) in [5.74, 6) is 0.879. The number of aliphatic hydroxyl groups excluding tert-OH is 2. The van der Waals surface area contributed by atoms with Gasteiger partial charge in [-0.05, 0) is 36.4 Å². The van der Waals surface area contributed by atoms with Gasteiger partial charge in [0.25, 0.3) is 0 Å². The first-order chi connectivity index (χ1) is 8.63. The Bertz CT molecular complexity index is 367. The number of thioether (sulfide) groups is 1. The van der Waals surface area contributed by atoms with Crippen molar-refractivity contribution in [2.75, 3.05) is 18.1 Å². The number of ketones is 1. The summed E-state index contributed by atoms with van der Waals surface area (Å²) in [6.45, 7) is -0.235. The molecule has 0 amide bonds. The summed E-state index contributed by atoms with van der Waals surface area (Å²) in [6, 6.07) is 5.53. The van der Waals surface area contributed by atoms with E-state index in [0.29, 0.717) is 24.2 Å². The summed E-state index contributed by atoms with van der Waals surface area (Å²) in [4.78, 5) is 11.7. The molecule has 1 aromatic carbocycles. The maximum absolute atomic E-state index is 12.7. The van der Waals surface area contributed by atoms with Gasteiger partial charge in [-0.3, -0.25) is 4.79 Å². The third kappa shape index (κ3) is 5.62. The van der Waals surface area contributed by atoms with Crippen LogP contribution < -0.4 is 0 Å². The number of hydrogen-bond acceptors (Lipinski definition) is 4. The van der Waals surface area contributed by atoms with Crippen LogP contribution in [0.4, 0.5) is 4.39 Å². The van der Waals surface area contributed by atoms with Gasteiger partial charge in [0.1, 0.15) is 5.82 Å². The molecule has 1 unspecified atom stereocenters. The third-order valence-corrected chi connectivity index (χ3v) is 3.58. The lowest BCUT2D eigenvalue weighted by atomic mass is 10.1. The molecule has 1 rings (SSSR count). The molecule has 0 saturated carbocycles. The molecule has 100 valence electrons. The molecule has 0 radical (unpaired) electrons. The van der Waals surface area contributed by atoms with Crippen molar-refractivity contribution in [2.45, 2.75) is 18.9 Å². The molecular weight excluding hydrogens is 255 g/mol. The lowest BCUT2D eigenvalue weighted by Gasteiger charge is -2.06. The lowest BCUT2D eigenvalue weighted by Crippen LogP contribution is -2.15. The molecule has 18 heavy (non-hydrogen) atoms. The molecule has 0 spiro atoms. The second-order valence-corrected chi connectivity index (χ2v) is 5.09. The third-order valence-electron chi connectivity index (χ3n) is 2.38. The van der Waals surface area contributed by atoms with E-state index in [1.54, 1.807) is 0 Å². The quantitative estimate of drug-likeness (QED) is 0.560. The van der Waals surface area contributed by atoms with Crippen LogP contribution in [0.15, 0.2) is 24.3 Å². The highest BCUT2D eigenvalue weighted by atomic mass is 32.2. The molecule has 0 aliphatic rings. The number of rotatable bonds is 8. The Labute approximate surface area is 110 Å². The molecule has 0 aliphatic heterocycles. The highest BCUT2D eigenvalue weighted by Crippen LogP contribution is 2.11. The van der Waals surface area contributed by atoms with Gasteiger partial charge >= 0.3 is 0 Å². The maximum Gasteiger partial charge on any atom is 0.162 e. The van der Waals surface area contributed by atoms with E-state index < -0.39 is 6.10 Å². The lowest BCUT2D eigenvalue weighted by molar-refractivity contribution is 0.0982. The summed E-state index contributed by atoms with van der Waals surface area (Å²) in [5, 5.41) is 17.7. The minimum Gasteiger partial charge on any atom is -0.394 e. The highest BCUT2D eigenvalue weighted by Gasteiger charge is 2.06. The summed E-state index contributed by atoms with van der Waals surface area (Å²) in [6.07, 6.45) is 0.426. The Morgan fingerprint density at radius 2 is 2.00 bits per heavy atom. The molecule has 1 atom stereocenters. The van der Waals surface area contributed by atoms with Gasteiger partial charge in [0.15, 0.2) is 5.78 Å². The molecule has 1 aromatic rings. The summed E-state index contributed by atoms with van der Waals surface area (Å²) in [5.41, 5.74) is 0.525. The predicted octanol–water partition coefficient (Wildman–Crippen LogP) is 1.87. The van der Waals surface area contributed by atoms with Crippen LogP contribution in [0, 0.1) is 5.82 Å². The van der Waals surface area contributed by atoms with E-state index in [1.165, 1.54) is 36.0 Å². The Balaban J connectivity index is 2.19. The van der Waals surface area contributed by atoms with E-state index in [9.17, 15) is 9.18 Å². The average Bonchev–Trinajstić information content (AvgIpc) is 2.38. The standard InChI is InChI=1S/C13H17FO3S/c14-11-5-3-10(4-6-11)13(17)2-1-7-18-9-12(16)8-15/h3-6,12,15-16H,1-2,7-9H2. The van der Waals surface area contributed by atoms with E-state index in [0.717, 1.165) is 5.75 Å². The van der Waals surface area contributed by atoms with E-state index in [1.807, 2.05) is 0 Å². The SMILES string of the molecule is O=C(CCCSCC(O)CO)c1ccc(F)cc1. The molecule has 0 fully saturated rings. The second-order valence-electron chi connectivity index (χ2n) is 3.94. The van der Waals surface area contributed by atoms with E-state index in [4.69, 9.17) is 10.2 Å². The number of carbonyl (C=O) groups is 1. The zero-order valence-electron chi connectivity index (χ0n) is 10.0. The molecule has 0 aliphatic carbocycles. The number of hydrogen-bond donors (Lipinski definition) is 2. The fraction of sp³-hybridized carbons (Fsp3) is 0.462. The smallest absolute Gasteiger partial charge is 0.162 e. The molecule has 2 N–H and O–H groups in total. The van der Waals surface area contributed by atoms with Gasteiger partial charge in [-0.25, -0.2) is 4.39 Å². The van der Waals surface area contributed by atoms with E-state index in [2.05, 4.69) is 0 Å². The fourth-order valence-corrected chi connectivity index (χ4v) is 2.28. The topological polar surface area (TPSA) is 57.5 Å². The Hall–Kier alpha value is -0.910. The van der Waals surface area contributed by atoms with Gasteiger partial charge in [-0.2, -0.15) is 11.8 Å². The summed E-state index contributed by atoms with van der Waals surface area (Å²) < 4.78 is 12.7. The minimum absolute atomic E-state index is 0.00157. The molecule has 0 bridgehead atoms. The number of aliphatic hydroxyl groups is 2. The van der Waals surface area contributed by atoms with Crippen molar-refractivity contribution in [1.82, 2.24) is 0 Å². The van der Waals surface area contributed by atoms with Crippen LogP contribution in [-0.4, -0.2) is 40.2 Å². The summed E-state index contributed by atoms with van der Waals surface area (Å²) in [7, 11) is 0. The van der Waals surface area contributed by atoms with Crippen LogP contribution in [0.3, 0.4) is 0 Å². The Kier molecular flexibility index (Phi) is 6.93. The van der Waals surface area contributed by atoms with Gasteiger partial charge in [0.2, 0.25) is 0 Å². The first-order valence-electron chi connectivity index (χ1n) is 5.79. The van der Waals surface area contributed by atoms with Gasteiger partial charge in [0.05, 0.1) is 12.7 Å². The van der Waals surface area contributed by atoms with Crippen molar-refractivity contribution in [1.29, 1.82) is 0 Å². The van der Waals surface area contributed by atoms with E-state index in [-0.39, 0.29) is 18.2 Å². The average molecular weight is 272 g/mol. The van der Waals surface area contributed by atoms with Gasteiger partial charge < -0.3 is 10.2 Å². The van der Waals surface area contributed by atoms with Crippen LogP contribution >= 0.6 is 11.8 Å². The van der Waals surface area contributed by atoms with Crippen molar-refractivity contribution in [2.24, 2.45) is 0 Å². The summed E-state index contributed by atoms with van der Waals surface area (Å²) >= 11 is 1.50. The largest absolute Gasteiger partial charge is 0.394 e. The number of Topliss-reactive ketones (excluding diaryl/α,β-unsaturated/α-hetero) is 1. The number of benzene rings is 1. The van der Waals surface area contributed by atoms with Crippen LogP contribution in [0.2, 0.25) is 0 Å². The molecular formula is C13H17FO3S. The molecule has 0 aromatic heterocycles. The van der Waals surface area contributed by atoms with Crippen molar-refractivity contribution >= 4 is 17.5 Å². The van der Waals surface area contributed by atoms with Crippen molar-refractivity contribution in [3.05, 3.63) is 35.6 Å². The first kappa shape index (κ1) is 15.1. The monoisotopic (exact) mass is 272 g/mol. The molecule has 3 nitrogen and oxygen atoms in total. The second kappa shape index (κ2) is 8.24. The van der Waals surface area contributed by atoms with Crippen molar-refractivity contribution in [3.63, 3.8) is 0 Å².